The summed E-state index contributed by atoms with van der Waals surface area (Å²) in [4.78, 5) is 33.5. The lowest BCUT2D eigenvalue weighted by atomic mass is 9.81. The van der Waals surface area contributed by atoms with Crippen LogP contribution in [0.3, 0.4) is 0 Å². The Hall–Kier alpha value is -3.50. The van der Waals surface area contributed by atoms with Gasteiger partial charge in [-0.3, -0.25) is 13.9 Å². The molecule has 2 fully saturated rings. The number of pyridine rings is 1. The van der Waals surface area contributed by atoms with Crippen LogP contribution in [0.1, 0.15) is 31.4 Å². The number of alkyl halides is 3. The van der Waals surface area contributed by atoms with Gasteiger partial charge in [-0.25, -0.2) is 9.78 Å². The summed E-state index contributed by atoms with van der Waals surface area (Å²) in [6.07, 6.45) is 0.117. The average Bonchev–Trinajstić information content (AvgIpc) is 3.17. The fourth-order valence-electron chi connectivity index (χ4n) is 5.73. The van der Waals surface area contributed by atoms with Gasteiger partial charge < -0.3 is 14.5 Å². The molecule has 1 amide bonds. The maximum Gasteiger partial charge on any atom is 0.433 e. The third-order valence-electron chi connectivity index (χ3n) is 7.98. The number of aromatic nitrogens is 3. The van der Waals surface area contributed by atoms with E-state index < -0.39 is 11.9 Å². The van der Waals surface area contributed by atoms with Crippen molar-refractivity contribution < 1.29 is 22.7 Å². The van der Waals surface area contributed by atoms with Crippen molar-refractivity contribution in [3.63, 3.8) is 0 Å². The number of imidazole rings is 1. The van der Waals surface area contributed by atoms with Crippen LogP contribution in [0.2, 0.25) is 0 Å². The number of anilines is 1. The summed E-state index contributed by atoms with van der Waals surface area (Å²) in [5, 5.41) is 0. The van der Waals surface area contributed by atoms with Crippen molar-refractivity contribution >= 4 is 22.6 Å². The SMILES string of the molecule is COc1ccc2c(c1)n(CC1CCC(C(=O)N3CCN(c4ccc(C(F)(F)F)nc4)CC3)CC1)c(=O)n2C. The van der Waals surface area contributed by atoms with Gasteiger partial charge in [0.25, 0.3) is 0 Å². The molecule has 2 aliphatic rings. The van der Waals surface area contributed by atoms with Gasteiger partial charge in [0.2, 0.25) is 5.91 Å². The Morgan fingerprint density at radius 3 is 2.34 bits per heavy atom. The molecule has 3 aromatic rings. The van der Waals surface area contributed by atoms with E-state index in [9.17, 15) is 22.8 Å². The Kier molecular flexibility index (Phi) is 7.11. The van der Waals surface area contributed by atoms with Gasteiger partial charge in [0.05, 0.1) is 30.0 Å². The lowest BCUT2D eigenvalue weighted by Gasteiger charge is -2.38. The second-order valence-corrected chi connectivity index (χ2v) is 10.2. The number of methoxy groups -OCH3 is 1. The molecule has 0 unspecified atom stereocenters. The monoisotopic (exact) mass is 531 g/mol. The van der Waals surface area contributed by atoms with Gasteiger partial charge in [-0.05, 0) is 55.9 Å². The van der Waals surface area contributed by atoms with E-state index in [1.807, 2.05) is 32.6 Å². The second kappa shape index (κ2) is 10.3. The molecule has 0 spiro atoms. The lowest BCUT2D eigenvalue weighted by molar-refractivity contribution is -0.141. The Morgan fingerprint density at radius 1 is 1.03 bits per heavy atom. The number of ether oxygens (including phenoxy) is 1. The number of carbonyl (C=O) groups excluding carboxylic acids is 1. The van der Waals surface area contributed by atoms with Crippen LogP contribution in [0.5, 0.6) is 5.75 Å². The molecule has 0 bridgehead atoms. The third kappa shape index (κ3) is 5.10. The molecule has 11 heteroatoms. The van der Waals surface area contributed by atoms with Crippen molar-refractivity contribution in [3.05, 3.63) is 52.7 Å². The average molecular weight is 532 g/mol. The van der Waals surface area contributed by atoms with Crippen LogP contribution in [0.4, 0.5) is 18.9 Å². The lowest BCUT2D eigenvalue weighted by Crippen LogP contribution is -2.50. The highest BCUT2D eigenvalue weighted by atomic mass is 19.4. The minimum atomic E-state index is -4.46. The van der Waals surface area contributed by atoms with E-state index in [-0.39, 0.29) is 17.5 Å². The molecule has 1 aliphatic carbocycles. The van der Waals surface area contributed by atoms with E-state index in [0.717, 1.165) is 42.8 Å². The zero-order valence-electron chi connectivity index (χ0n) is 21.6. The van der Waals surface area contributed by atoms with Gasteiger partial charge in [0, 0.05) is 51.8 Å². The Labute approximate surface area is 218 Å². The van der Waals surface area contributed by atoms with E-state index in [1.54, 1.807) is 18.7 Å². The minimum Gasteiger partial charge on any atom is -0.497 e. The quantitative estimate of drug-likeness (QED) is 0.499. The second-order valence-electron chi connectivity index (χ2n) is 10.2. The molecule has 2 aromatic heterocycles. The summed E-state index contributed by atoms with van der Waals surface area (Å²) in [5.74, 6) is 1.15. The van der Waals surface area contributed by atoms with Crippen molar-refractivity contribution in [2.75, 3.05) is 38.2 Å². The summed E-state index contributed by atoms with van der Waals surface area (Å²) in [6, 6.07) is 8.07. The zero-order valence-corrected chi connectivity index (χ0v) is 21.6. The first-order valence-electron chi connectivity index (χ1n) is 13.0. The Balaban J connectivity index is 1.15. The van der Waals surface area contributed by atoms with E-state index in [4.69, 9.17) is 4.74 Å². The standard InChI is InChI=1S/C27H32F3N5O3/c1-32-22-9-8-21(38-2)15-23(22)35(26(32)37)17-18-3-5-19(6-4-18)25(36)34-13-11-33(12-14-34)20-7-10-24(31-16-20)27(28,29)30/h7-10,15-16,18-19H,3-6,11-14,17H2,1-2H3. The Morgan fingerprint density at radius 2 is 1.74 bits per heavy atom. The fourth-order valence-corrected chi connectivity index (χ4v) is 5.73. The van der Waals surface area contributed by atoms with Crippen LogP contribution < -0.4 is 15.3 Å². The molecular weight excluding hydrogens is 499 g/mol. The number of nitrogens with zero attached hydrogens (tertiary/aromatic N) is 5. The van der Waals surface area contributed by atoms with E-state index in [0.29, 0.717) is 50.1 Å². The van der Waals surface area contributed by atoms with Gasteiger partial charge in [-0.2, -0.15) is 13.2 Å². The summed E-state index contributed by atoms with van der Waals surface area (Å²) in [7, 11) is 3.38. The third-order valence-corrected chi connectivity index (χ3v) is 7.98. The van der Waals surface area contributed by atoms with Crippen LogP contribution in [0, 0.1) is 11.8 Å². The number of hydrogen-bond acceptors (Lipinski definition) is 5. The molecule has 1 saturated heterocycles. The van der Waals surface area contributed by atoms with Crippen LogP contribution in [-0.4, -0.2) is 58.2 Å². The molecule has 3 heterocycles. The Bertz CT molecular complexity index is 1350. The van der Waals surface area contributed by atoms with Gasteiger partial charge in [-0.15, -0.1) is 0 Å². The minimum absolute atomic E-state index is 0.0325. The number of hydrogen-bond donors (Lipinski definition) is 0. The normalized spacial score (nSPS) is 20.7. The molecule has 1 aliphatic heterocycles. The van der Waals surface area contributed by atoms with E-state index in [2.05, 4.69) is 4.98 Å². The van der Waals surface area contributed by atoms with Crippen molar-refractivity contribution in [1.29, 1.82) is 0 Å². The first-order valence-corrected chi connectivity index (χ1v) is 13.0. The maximum absolute atomic E-state index is 13.2. The first kappa shape index (κ1) is 26.1. The number of carbonyl (C=O) groups is 1. The number of rotatable bonds is 5. The molecule has 5 rings (SSSR count). The molecule has 0 N–H and O–H groups in total. The molecule has 1 aromatic carbocycles. The highest BCUT2D eigenvalue weighted by Crippen LogP contribution is 2.33. The number of piperazine rings is 1. The van der Waals surface area contributed by atoms with Crippen molar-refractivity contribution in [2.45, 2.75) is 38.4 Å². The van der Waals surface area contributed by atoms with Gasteiger partial charge >= 0.3 is 11.9 Å². The predicted octanol–water partition coefficient (Wildman–Crippen LogP) is 3.92. The molecular formula is C27H32F3N5O3. The highest BCUT2D eigenvalue weighted by molar-refractivity contribution is 5.79. The van der Waals surface area contributed by atoms with E-state index in [1.165, 1.54) is 12.3 Å². The molecule has 0 radical (unpaired) electrons. The van der Waals surface area contributed by atoms with Crippen LogP contribution in [0.25, 0.3) is 11.0 Å². The fraction of sp³-hybridized carbons (Fsp3) is 0.519. The number of benzene rings is 1. The van der Waals surface area contributed by atoms with E-state index >= 15 is 0 Å². The zero-order chi connectivity index (χ0) is 27.0. The number of aryl methyl sites for hydroxylation is 1. The maximum atomic E-state index is 13.2. The van der Waals surface area contributed by atoms with Gasteiger partial charge in [0.15, 0.2) is 0 Å². The number of halogens is 3. The topological polar surface area (TPSA) is 72.6 Å². The molecule has 38 heavy (non-hydrogen) atoms. The van der Waals surface area contributed by atoms with Crippen LogP contribution >= 0.6 is 0 Å². The highest BCUT2D eigenvalue weighted by Gasteiger charge is 2.34. The predicted molar refractivity (Wildman–Crippen MR) is 137 cm³/mol. The first-order chi connectivity index (χ1) is 18.2. The molecule has 204 valence electrons. The smallest absolute Gasteiger partial charge is 0.433 e. The van der Waals surface area contributed by atoms with Crippen LogP contribution in [-0.2, 0) is 24.6 Å². The van der Waals surface area contributed by atoms with Crippen molar-refractivity contribution in [3.8, 4) is 5.75 Å². The summed E-state index contributed by atoms with van der Waals surface area (Å²) >= 11 is 0. The van der Waals surface area contributed by atoms with Crippen molar-refractivity contribution in [2.24, 2.45) is 18.9 Å². The largest absolute Gasteiger partial charge is 0.497 e. The van der Waals surface area contributed by atoms with Gasteiger partial charge in [-0.1, -0.05) is 0 Å². The molecule has 0 atom stereocenters. The number of fused-ring (bicyclic) bond motifs is 1. The number of amides is 1. The van der Waals surface area contributed by atoms with Crippen molar-refractivity contribution in [1.82, 2.24) is 19.0 Å². The van der Waals surface area contributed by atoms with Crippen LogP contribution in [0.15, 0.2) is 41.3 Å². The van der Waals surface area contributed by atoms with Gasteiger partial charge in [0.1, 0.15) is 11.4 Å². The summed E-state index contributed by atoms with van der Waals surface area (Å²) in [5.41, 5.74) is 1.40. The summed E-state index contributed by atoms with van der Waals surface area (Å²) < 4.78 is 47.2. The molecule has 8 nitrogen and oxygen atoms in total. The molecule has 1 saturated carbocycles. The summed E-state index contributed by atoms with van der Waals surface area (Å²) in [6.45, 7) is 2.80.